The Labute approximate surface area is 117 Å². The first kappa shape index (κ1) is 15.4. The van der Waals surface area contributed by atoms with Crippen LogP contribution in [-0.2, 0) is 0 Å². The number of allylic oxidation sites excluding steroid dienone is 1. The molecule has 1 heterocycles. The lowest BCUT2D eigenvalue weighted by Gasteiger charge is -2.12. The van der Waals surface area contributed by atoms with Crippen LogP contribution in [0.15, 0.2) is 11.6 Å². The van der Waals surface area contributed by atoms with Gasteiger partial charge < -0.3 is 21.5 Å². The Balaban J connectivity index is 3.03. The lowest BCUT2D eigenvalue weighted by molar-refractivity contribution is 0.100. The average molecular weight is 283 g/mol. The van der Waals surface area contributed by atoms with Crippen LogP contribution in [0, 0.1) is 0 Å². The van der Waals surface area contributed by atoms with E-state index >= 15 is 0 Å². The number of hydrogen-bond donors (Lipinski definition) is 3. The van der Waals surface area contributed by atoms with E-state index in [1.807, 2.05) is 33.8 Å². The van der Waals surface area contributed by atoms with E-state index in [2.05, 4.69) is 5.32 Å². The third kappa shape index (κ3) is 4.17. The molecular weight excluding hydrogens is 262 g/mol. The van der Waals surface area contributed by atoms with E-state index in [9.17, 15) is 4.79 Å². The van der Waals surface area contributed by atoms with Crippen molar-refractivity contribution >= 4 is 27.9 Å². The molecule has 5 N–H and O–H groups in total. The summed E-state index contributed by atoms with van der Waals surface area (Å²) in [5.74, 6) is -0.0256. The summed E-state index contributed by atoms with van der Waals surface area (Å²) >= 11 is 1.22. The van der Waals surface area contributed by atoms with Crippen LogP contribution >= 0.6 is 11.3 Å². The number of nitrogen functional groups attached to an aromatic ring is 1. The van der Waals surface area contributed by atoms with Crippen molar-refractivity contribution in [1.82, 2.24) is 0 Å². The van der Waals surface area contributed by atoms with Gasteiger partial charge in [-0.05, 0) is 27.7 Å². The SMILES string of the molecule is CC(C)=CCNc1sc(C(N)=O)c(N)c1OC(C)C. The maximum absolute atomic E-state index is 11.3. The fourth-order valence-electron chi connectivity index (χ4n) is 1.43. The van der Waals surface area contributed by atoms with Crippen molar-refractivity contribution in [2.75, 3.05) is 17.6 Å². The number of ether oxygens (including phenoxy) is 1. The van der Waals surface area contributed by atoms with Gasteiger partial charge in [-0.2, -0.15) is 0 Å². The van der Waals surface area contributed by atoms with Gasteiger partial charge in [0.15, 0.2) is 5.75 Å². The van der Waals surface area contributed by atoms with Gasteiger partial charge in [0.25, 0.3) is 5.91 Å². The Morgan fingerprint density at radius 2 is 2.11 bits per heavy atom. The molecular formula is C13H21N3O2S. The summed E-state index contributed by atoms with van der Waals surface area (Å²) in [6.45, 7) is 8.49. The fourth-order valence-corrected chi connectivity index (χ4v) is 2.34. The second-order valence-corrected chi connectivity index (χ2v) is 5.72. The van der Waals surface area contributed by atoms with Gasteiger partial charge >= 0.3 is 0 Å². The first-order chi connectivity index (χ1) is 8.82. The molecule has 0 aromatic carbocycles. The van der Waals surface area contributed by atoms with Crippen molar-refractivity contribution in [2.24, 2.45) is 5.73 Å². The molecule has 0 aliphatic carbocycles. The van der Waals surface area contributed by atoms with Gasteiger partial charge in [-0.15, -0.1) is 11.3 Å². The standard InChI is InChI=1S/C13H21N3O2S/c1-7(2)5-6-16-13-10(18-8(3)4)9(14)11(19-13)12(15)17/h5,8,16H,6,14H2,1-4H3,(H2,15,17). The number of carbonyl (C=O) groups is 1. The highest BCUT2D eigenvalue weighted by Crippen LogP contribution is 2.42. The first-order valence-corrected chi connectivity index (χ1v) is 6.90. The summed E-state index contributed by atoms with van der Waals surface area (Å²) in [5, 5.41) is 3.93. The van der Waals surface area contributed by atoms with Crippen LogP contribution < -0.4 is 21.5 Å². The molecule has 5 nitrogen and oxygen atoms in total. The zero-order chi connectivity index (χ0) is 14.6. The van der Waals surface area contributed by atoms with E-state index in [1.54, 1.807) is 0 Å². The second-order valence-electron chi connectivity index (χ2n) is 4.70. The van der Waals surface area contributed by atoms with Gasteiger partial charge in [-0.1, -0.05) is 11.6 Å². The normalized spacial score (nSPS) is 10.4. The van der Waals surface area contributed by atoms with E-state index in [1.165, 1.54) is 16.9 Å². The van der Waals surface area contributed by atoms with Gasteiger partial charge in [0, 0.05) is 6.54 Å². The van der Waals surface area contributed by atoms with Crippen molar-refractivity contribution in [2.45, 2.75) is 33.8 Å². The molecule has 0 radical (unpaired) electrons. The molecule has 0 aliphatic heterocycles. The molecule has 0 atom stereocenters. The number of thiophene rings is 1. The Hall–Kier alpha value is -1.69. The zero-order valence-corrected chi connectivity index (χ0v) is 12.6. The monoisotopic (exact) mass is 283 g/mol. The molecule has 0 saturated carbocycles. The minimum atomic E-state index is -0.536. The third-order valence-electron chi connectivity index (χ3n) is 2.25. The zero-order valence-electron chi connectivity index (χ0n) is 11.7. The molecule has 1 aromatic heterocycles. The highest BCUT2D eigenvalue weighted by molar-refractivity contribution is 7.19. The number of hydrogen-bond acceptors (Lipinski definition) is 5. The van der Waals surface area contributed by atoms with Crippen molar-refractivity contribution in [1.29, 1.82) is 0 Å². The summed E-state index contributed by atoms with van der Waals surface area (Å²) < 4.78 is 5.66. The Kier molecular flexibility index (Phi) is 5.23. The fraction of sp³-hybridized carbons (Fsp3) is 0.462. The third-order valence-corrected chi connectivity index (χ3v) is 3.41. The highest BCUT2D eigenvalue weighted by atomic mass is 32.1. The van der Waals surface area contributed by atoms with E-state index in [-0.39, 0.29) is 6.10 Å². The molecule has 1 rings (SSSR count). The molecule has 0 saturated heterocycles. The maximum Gasteiger partial charge on any atom is 0.261 e. The van der Waals surface area contributed by atoms with Crippen LogP contribution in [0.3, 0.4) is 0 Å². The summed E-state index contributed by atoms with van der Waals surface area (Å²) in [6, 6.07) is 0. The Bertz CT molecular complexity index is 488. The van der Waals surface area contributed by atoms with Gasteiger partial charge in [-0.25, -0.2) is 0 Å². The van der Waals surface area contributed by atoms with Crippen LogP contribution in [0.1, 0.15) is 37.4 Å². The number of rotatable bonds is 6. The van der Waals surface area contributed by atoms with Crippen molar-refractivity contribution in [3.05, 3.63) is 16.5 Å². The molecule has 0 bridgehead atoms. The van der Waals surface area contributed by atoms with Crippen LogP contribution in [-0.4, -0.2) is 18.6 Å². The summed E-state index contributed by atoms with van der Waals surface area (Å²) in [7, 11) is 0. The topological polar surface area (TPSA) is 90.4 Å². The highest BCUT2D eigenvalue weighted by Gasteiger charge is 2.21. The molecule has 19 heavy (non-hydrogen) atoms. The number of carbonyl (C=O) groups excluding carboxylic acids is 1. The molecule has 0 spiro atoms. The summed E-state index contributed by atoms with van der Waals surface area (Å²) in [6.07, 6.45) is 2.01. The van der Waals surface area contributed by atoms with Crippen LogP contribution in [0.25, 0.3) is 0 Å². The number of amides is 1. The van der Waals surface area contributed by atoms with E-state index in [4.69, 9.17) is 16.2 Å². The molecule has 1 aromatic rings. The summed E-state index contributed by atoms with van der Waals surface area (Å²) in [4.78, 5) is 11.6. The largest absolute Gasteiger partial charge is 0.486 e. The average Bonchev–Trinajstić information content (AvgIpc) is 2.56. The van der Waals surface area contributed by atoms with Gasteiger partial charge in [0.2, 0.25) is 0 Å². The van der Waals surface area contributed by atoms with Gasteiger partial charge in [0.1, 0.15) is 15.6 Å². The van der Waals surface area contributed by atoms with E-state index in [0.717, 1.165) is 5.00 Å². The molecule has 1 amide bonds. The second kappa shape index (κ2) is 6.47. The predicted octanol–water partition coefficient (Wildman–Crippen LogP) is 2.59. The first-order valence-electron chi connectivity index (χ1n) is 6.08. The summed E-state index contributed by atoms with van der Waals surface area (Å²) in [5.41, 5.74) is 12.7. The van der Waals surface area contributed by atoms with Crippen molar-refractivity contribution in [3.63, 3.8) is 0 Å². The minimum absolute atomic E-state index is 0.0263. The predicted molar refractivity (Wildman–Crippen MR) is 80.9 cm³/mol. The quantitative estimate of drug-likeness (QED) is 0.700. The molecule has 0 unspecified atom stereocenters. The van der Waals surface area contributed by atoms with E-state index in [0.29, 0.717) is 22.9 Å². The van der Waals surface area contributed by atoms with Crippen molar-refractivity contribution in [3.8, 4) is 5.75 Å². The van der Waals surface area contributed by atoms with Gasteiger partial charge in [0.05, 0.1) is 6.10 Å². The smallest absolute Gasteiger partial charge is 0.261 e. The number of nitrogens with two attached hydrogens (primary N) is 2. The molecule has 0 fully saturated rings. The Morgan fingerprint density at radius 3 is 2.58 bits per heavy atom. The van der Waals surface area contributed by atoms with E-state index < -0.39 is 5.91 Å². The Morgan fingerprint density at radius 1 is 1.47 bits per heavy atom. The lowest BCUT2D eigenvalue weighted by atomic mass is 10.3. The van der Waals surface area contributed by atoms with Crippen LogP contribution in [0.4, 0.5) is 10.7 Å². The lowest BCUT2D eigenvalue weighted by Crippen LogP contribution is -2.12. The van der Waals surface area contributed by atoms with Crippen LogP contribution in [0.2, 0.25) is 0 Å². The van der Waals surface area contributed by atoms with Gasteiger partial charge in [-0.3, -0.25) is 4.79 Å². The number of primary amides is 1. The molecule has 106 valence electrons. The van der Waals surface area contributed by atoms with Crippen molar-refractivity contribution < 1.29 is 9.53 Å². The maximum atomic E-state index is 11.3. The molecule has 0 aliphatic rings. The number of anilines is 2. The van der Waals surface area contributed by atoms with Crippen LogP contribution in [0.5, 0.6) is 5.75 Å². The number of nitrogens with one attached hydrogen (secondary N) is 1. The minimum Gasteiger partial charge on any atom is -0.486 e. The molecule has 6 heteroatoms.